The normalized spacial score (nSPS) is 10.8. The predicted molar refractivity (Wildman–Crippen MR) is 107 cm³/mol. The minimum Gasteiger partial charge on any atom is -0.352 e. The van der Waals surface area contributed by atoms with Crippen molar-refractivity contribution in [1.29, 1.82) is 0 Å². The number of nitrogens with zero attached hydrogens (tertiary/aromatic N) is 2. The molecule has 0 fully saturated rings. The second-order valence-electron chi connectivity index (χ2n) is 6.69. The molecule has 0 spiro atoms. The molecule has 4 heteroatoms. The lowest BCUT2D eigenvalue weighted by Gasteiger charge is -2.08. The zero-order chi connectivity index (χ0) is 18.5. The van der Waals surface area contributed by atoms with E-state index in [2.05, 4.69) is 58.8 Å². The zero-order valence-electron chi connectivity index (χ0n) is 15.0. The Morgan fingerprint density at radius 3 is 2.41 bits per heavy atom. The summed E-state index contributed by atoms with van der Waals surface area (Å²) in [5, 5.41) is 5.36. The fraction of sp³-hybridized carbons (Fsp3) is 0.130. The molecule has 4 nitrogen and oxygen atoms in total. The molecule has 1 N–H and O–H groups in total. The van der Waals surface area contributed by atoms with Crippen molar-refractivity contribution in [3.8, 4) is 0 Å². The van der Waals surface area contributed by atoms with Crippen molar-refractivity contribution in [2.75, 3.05) is 0 Å². The number of carbonyl (C=O) groups excluding carboxylic acids is 1. The fourth-order valence-electron chi connectivity index (χ4n) is 3.15. The highest BCUT2D eigenvalue weighted by Gasteiger charge is 2.05. The van der Waals surface area contributed by atoms with Gasteiger partial charge >= 0.3 is 0 Å². The van der Waals surface area contributed by atoms with Crippen molar-refractivity contribution in [1.82, 2.24) is 14.9 Å². The van der Waals surface area contributed by atoms with Crippen LogP contribution in [-0.2, 0) is 24.3 Å². The summed E-state index contributed by atoms with van der Waals surface area (Å²) in [4.78, 5) is 16.3. The van der Waals surface area contributed by atoms with Gasteiger partial charge in [-0.3, -0.25) is 4.79 Å². The number of carbonyl (C=O) groups is 1. The van der Waals surface area contributed by atoms with Gasteiger partial charge in [0.2, 0.25) is 5.91 Å². The van der Waals surface area contributed by atoms with Crippen LogP contribution in [0.25, 0.3) is 10.8 Å². The van der Waals surface area contributed by atoms with Crippen molar-refractivity contribution in [2.24, 2.45) is 0 Å². The molecule has 4 rings (SSSR count). The summed E-state index contributed by atoms with van der Waals surface area (Å²) in [5.74, 6) is 0.0350. The molecule has 0 bridgehead atoms. The first-order valence-corrected chi connectivity index (χ1v) is 9.04. The van der Waals surface area contributed by atoms with E-state index in [0.29, 0.717) is 13.0 Å². The Balaban J connectivity index is 1.31. The largest absolute Gasteiger partial charge is 0.352 e. The maximum absolute atomic E-state index is 12.3. The third kappa shape index (κ3) is 4.42. The van der Waals surface area contributed by atoms with Crippen LogP contribution in [-0.4, -0.2) is 15.5 Å². The van der Waals surface area contributed by atoms with Crippen molar-refractivity contribution in [3.05, 3.63) is 102 Å². The molecular weight excluding hydrogens is 334 g/mol. The summed E-state index contributed by atoms with van der Waals surface area (Å²) in [6.07, 6.45) is 5.92. The van der Waals surface area contributed by atoms with E-state index in [4.69, 9.17) is 0 Å². The average Bonchev–Trinajstić information content (AvgIpc) is 3.20. The number of benzene rings is 3. The highest BCUT2D eigenvalue weighted by Crippen LogP contribution is 2.16. The smallest absolute Gasteiger partial charge is 0.224 e. The topological polar surface area (TPSA) is 46.9 Å². The molecule has 0 unspecified atom stereocenters. The Morgan fingerprint density at radius 2 is 1.63 bits per heavy atom. The van der Waals surface area contributed by atoms with Crippen molar-refractivity contribution >= 4 is 16.7 Å². The predicted octanol–water partition coefficient (Wildman–Crippen LogP) is 3.94. The SMILES string of the molecule is O=C(Cc1ccc2ccccc2c1)NCc1ccc(Cn2ccnc2)cc1. The fourth-order valence-corrected chi connectivity index (χ4v) is 3.15. The van der Waals surface area contributed by atoms with Gasteiger partial charge in [-0.05, 0) is 27.5 Å². The summed E-state index contributed by atoms with van der Waals surface area (Å²) in [7, 11) is 0. The minimum absolute atomic E-state index is 0.0350. The molecular formula is C23H21N3O. The van der Waals surface area contributed by atoms with E-state index in [1.54, 1.807) is 12.5 Å². The van der Waals surface area contributed by atoms with Gasteiger partial charge in [0.15, 0.2) is 0 Å². The standard InChI is InChI=1S/C23H21N3O/c27-23(14-20-9-10-21-3-1-2-4-22(21)13-20)25-15-18-5-7-19(8-6-18)16-26-12-11-24-17-26/h1-13,17H,14-16H2,(H,25,27). The Bertz CT molecular complexity index is 1040. The summed E-state index contributed by atoms with van der Waals surface area (Å²) >= 11 is 0. The van der Waals surface area contributed by atoms with E-state index in [1.807, 2.05) is 29.0 Å². The Kier molecular flexibility index (Phi) is 4.97. The van der Waals surface area contributed by atoms with Crippen LogP contribution in [0.1, 0.15) is 16.7 Å². The highest BCUT2D eigenvalue weighted by atomic mass is 16.1. The molecule has 0 atom stereocenters. The lowest BCUT2D eigenvalue weighted by Crippen LogP contribution is -2.24. The van der Waals surface area contributed by atoms with Crippen LogP contribution in [0, 0.1) is 0 Å². The molecule has 1 amide bonds. The van der Waals surface area contributed by atoms with Gasteiger partial charge in [-0.15, -0.1) is 0 Å². The first-order chi connectivity index (χ1) is 13.3. The summed E-state index contributed by atoms with van der Waals surface area (Å²) in [5.41, 5.74) is 3.33. The number of amides is 1. The van der Waals surface area contributed by atoms with Crippen molar-refractivity contribution < 1.29 is 4.79 Å². The van der Waals surface area contributed by atoms with E-state index >= 15 is 0 Å². The molecule has 4 aromatic rings. The summed E-state index contributed by atoms with van der Waals surface area (Å²) < 4.78 is 2.03. The molecule has 1 heterocycles. The average molecular weight is 355 g/mol. The molecule has 0 saturated heterocycles. The van der Waals surface area contributed by atoms with E-state index in [-0.39, 0.29) is 5.91 Å². The summed E-state index contributed by atoms with van der Waals surface area (Å²) in [6, 6.07) is 22.7. The van der Waals surface area contributed by atoms with Crippen molar-refractivity contribution in [3.63, 3.8) is 0 Å². The van der Waals surface area contributed by atoms with Gasteiger partial charge in [0.1, 0.15) is 0 Å². The van der Waals surface area contributed by atoms with Crippen LogP contribution in [0.15, 0.2) is 85.5 Å². The number of fused-ring (bicyclic) bond motifs is 1. The number of imidazole rings is 1. The Morgan fingerprint density at radius 1 is 0.889 bits per heavy atom. The van der Waals surface area contributed by atoms with Crippen LogP contribution in [0.4, 0.5) is 0 Å². The first kappa shape index (κ1) is 17.0. The molecule has 27 heavy (non-hydrogen) atoms. The number of nitrogens with one attached hydrogen (secondary N) is 1. The van der Waals surface area contributed by atoms with Gasteiger partial charge in [0.25, 0.3) is 0 Å². The van der Waals surface area contributed by atoms with Gasteiger partial charge in [0, 0.05) is 25.5 Å². The molecule has 0 saturated carbocycles. The Hall–Kier alpha value is -3.40. The molecule has 1 aromatic heterocycles. The Labute approximate surface area is 158 Å². The van der Waals surface area contributed by atoms with E-state index < -0.39 is 0 Å². The lowest BCUT2D eigenvalue weighted by atomic mass is 10.0. The number of aromatic nitrogens is 2. The van der Waals surface area contributed by atoms with Gasteiger partial charge in [-0.2, -0.15) is 0 Å². The zero-order valence-corrected chi connectivity index (χ0v) is 15.0. The first-order valence-electron chi connectivity index (χ1n) is 9.04. The molecule has 134 valence electrons. The van der Waals surface area contributed by atoms with Crippen LogP contribution in [0.3, 0.4) is 0 Å². The maximum Gasteiger partial charge on any atom is 0.224 e. The van der Waals surface area contributed by atoms with Crippen LogP contribution in [0.2, 0.25) is 0 Å². The number of hydrogen-bond donors (Lipinski definition) is 1. The molecule has 0 aliphatic rings. The lowest BCUT2D eigenvalue weighted by molar-refractivity contribution is -0.120. The third-order valence-electron chi connectivity index (χ3n) is 4.62. The van der Waals surface area contributed by atoms with Crippen LogP contribution >= 0.6 is 0 Å². The molecule has 0 radical (unpaired) electrons. The quantitative estimate of drug-likeness (QED) is 0.569. The summed E-state index contributed by atoms with van der Waals surface area (Å²) in [6.45, 7) is 1.34. The highest BCUT2D eigenvalue weighted by molar-refractivity contribution is 5.85. The monoisotopic (exact) mass is 355 g/mol. The number of rotatable bonds is 6. The third-order valence-corrected chi connectivity index (χ3v) is 4.62. The van der Waals surface area contributed by atoms with Crippen molar-refractivity contribution in [2.45, 2.75) is 19.5 Å². The molecule has 0 aliphatic heterocycles. The second-order valence-corrected chi connectivity index (χ2v) is 6.69. The van der Waals surface area contributed by atoms with Gasteiger partial charge in [-0.25, -0.2) is 4.98 Å². The molecule has 3 aromatic carbocycles. The van der Waals surface area contributed by atoms with Gasteiger partial charge in [-0.1, -0.05) is 66.7 Å². The van der Waals surface area contributed by atoms with Gasteiger partial charge in [0.05, 0.1) is 12.7 Å². The maximum atomic E-state index is 12.3. The van der Waals surface area contributed by atoms with E-state index in [0.717, 1.165) is 23.1 Å². The van der Waals surface area contributed by atoms with E-state index in [1.165, 1.54) is 10.9 Å². The van der Waals surface area contributed by atoms with Gasteiger partial charge < -0.3 is 9.88 Å². The van der Waals surface area contributed by atoms with E-state index in [9.17, 15) is 4.79 Å². The minimum atomic E-state index is 0.0350. The van der Waals surface area contributed by atoms with Crippen LogP contribution < -0.4 is 5.32 Å². The molecule has 0 aliphatic carbocycles. The second kappa shape index (κ2) is 7.87. The number of hydrogen-bond acceptors (Lipinski definition) is 2. The van der Waals surface area contributed by atoms with Crippen LogP contribution in [0.5, 0.6) is 0 Å².